The standard InChI is InChI=1S/C13H16N4O2/c1-9(8-17-6-2-5-15-17)16-13(19)11-7-10(18)3-4-12(11)14/h2-7,9,18H,8,14H2,1H3,(H,16,19). The van der Waals surface area contributed by atoms with Crippen molar-refractivity contribution in [3.63, 3.8) is 0 Å². The highest BCUT2D eigenvalue weighted by Gasteiger charge is 2.13. The van der Waals surface area contributed by atoms with E-state index in [2.05, 4.69) is 10.4 Å². The molecule has 0 radical (unpaired) electrons. The van der Waals surface area contributed by atoms with Crippen LogP contribution >= 0.6 is 0 Å². The van der Waals surface area contributed by atoms with Crippen LogP contribution in [0.5, 0.6) is 5.75 Å². The minimum Gasteiger partial charge on any atom is -0.508 e. The van der Waals surface area contributed by atoms with E-state index >= 15 is 0 Å². The van der Waals surface area contributed by atoms with Crippen LogP contribution in [0.3, 0.4) is 0 Å². The van der Waals surface area contributed by atoms with E-state index in [1.54, 1.807) is 10.9 Å². The number of hydrogen-bond acceptors (Lipinski definition) is 4. The zero-order valence-electron chi connectivity index (χ0n) is 10.6. The summed E-state index contributed by atoms with van der Waals surface area (Å²) in [6, 6.07) is 6.02. The van der Waals surface area contributed by atoms with Gasteiger partial charge < -0.3 is 16.2 Å². The molecule has 100 valence electrons. The number of phenols is 1. The molecule has 1 amide bonds. The molecule has 6 heteroatoms. The fourth-order valence-electron chi connectivity index (χ4n) is 1.78. The number of carbonyl (C=O) groups excluding carboxylic acids is 1. The molecule has 1 aromatic carbocycles. The Morgan fingerprint density at radius 2 is 2.37 bits per heavy atom. The Bertz CT molecular complexity index is 566. The molecule has 0 aliphatic rings. The van der Waals surface area contributed by atoms with Gasteiger partial charge in [0.15, 0.2) is 0 Å². The van der Waals surface area contributed by atoms with Crippen molar-refractivity contribution in [3.8, 4) is 5.75 Å². The average molecular weight is 260 g/mol. The highest BCUT2D eigenvalue weighted by molar-refractivity contribution is 5.99. The van der Waals surface area contributed by atoms with Crippen LogP contribution < -0.4 is 11.1 Å². The van der Waals surface area contributed by atoms with E-state index in [9.17, 15) is 9.90 Å². The summed E-state index contributed by atoms with van der Waals surface area (Å²) in [6.07, 6.45) is 3.51. The number of rotatable bonds is 4. The van der Waals surface area contributed by atoms with Gasteiger partial charge in [0.1, 0.15) is 5.75 Å². The number of phenolic OH excluding ortho intramolecular Hbond substituents is 1. The van der Waals surface area contributed by atoms with E-state index < -0.39 is 0 Å². The first-order valence-electron chi connectivity index (χ1n) is 5.93. The predicted molar refractivity (Wildman–Crippen MR) is 71.7 cm³/mol. The van der Waals surface area contributed by atoms with Gasteiger partial charge in [-0.3, -0.25) is 9.48 Å². The van der Waals surface area contributed by atoms with E-state index in [1.165, 1.54) is 18.2 Å². The summed E-state index contributed by atoms with van der Waals surface area (Å²) < 4.78 is 1.73. The smallest absolute Gasteiger partial charge is 0.253 e. The van der Waals surface area contributed by atoms with Crippen molar-refractivity contribution < 1.29 is 9.90 Å². The topological polar surface area (TPSA) is 93.2 Å². The van der Waals surface area contributed by atoms with Gasteiger partial charge in [0, 0.05) is 24.1 Å². The Morgan fingerprint density at radius 1 is 1.58 bits per heavy atom. The number of aromatic nitrogens is 2. The van der Waals surface area contributed by atoms with Gasteiger partial charge in [0.25, 0.3) is 5.91 Å². The molecule has 2 rings (SSSR count). The number of nitrogens with two attached hydrogens (primary N) is 1. The first-order chi connectivity index (χ1) is 9.06. The van der Waals surface area contributed by atoms with Gasteiger partial charge in [-0.25, -0.2) is 0 Å². The van der Waals surface area contributed by atoms with Crippen molar-refractivity contribution >= 4 is 11.6 Å². The Labute approximate surface area is 110 Å². The summed E-state index contributed by atoms with van der Waals surface area (Å²) in [6.45, 7) is 2.44. The quantitative estimate of drug-likeness (QED) is 0.564. The molecule has 19 heavy (non-hydrogen) atoms. The second-order valence-corrected chi connectivity index (χ2v) is 4.37. The predicted octanol–water partition coefficient (Wildman–Crippen LogP) is 0.989. The number of nitrogens with one attached hydrogen (secondary N) is 1. The first-order valence-corrected chi connectivity index (χ1v) is 5.93. The second-order valence-electron chi connectivity index (χ2n) is 4.37. The van der Waals surface area contributed by atoms with Crippen LogP contribution in [0.1, 0.15) is 17.3 Å². The fraction of sp³-hybridized carbons (Fsp3) is 0.231. The largest absolute Gasteiger partial charge is 0.508 e. The third-order valence-corrected chi connectivity index (χ3v) is 2.68. The number of amides is 1. The Kier molecular flexibility index (Phi) is 3.70. The minimum absolute atomic E-state index is 0.0130. The molecule has 0 spiro atoms. The van der Waals surface area contributed by atoms with Gasteiger partial charge in [0.2, 0.25) is 0 Å². The Balaban J connectivity index is 2.02. The van der Waals surface area contributed by atoms with Crippen molar-refractivity contribution in [2.24, 2.45) is 0 Å². The number of nitrogens with zero attached hydrogens (tertiary/aromatic N) is 2. The van der Waals surface area contributed by atoms with Crippen LogP contribution in [0.2, 0.25) is 0 Å². The SMILES string of the molecule is CC(Cn1cccn1)NC(=O)c1cc(O)ccc1N. The molecule has 1 heterocycles. The summed E-state index contributed by atoms with van der Waals surface area (Å²) in [5.74, 6) is -0.299. The number of nitrogen functional groups attached to an aromatic ring is 1. The van der Waals surface area contributed by atoms with Crippen LogP contribution in [-0.2, 0) is 6.54 Å². The molecule has 0 bridgehead atoms. The first kappa shape index (κ1) is 12.9. The summed E-state index contributed by atoms with van der Waals surface area (Å²) in [5.41, 5.74) is 6.32. The number of carbonyl (C=O) groups is 1. The molecule has 1 aromatic heterocycles. The molecule has 0 saturated heterocycles. The maximum atomic E-state index is 12.0. The fourth-order valence-corrected chi connectivity index (χ4v) is 1.78. The van der Waals surface area contributed by atoms with Crippen LogP contribution in [0, 0.1) is 0 Å². The molecular formula is C13H16N4O2. The van der Waals surface area contributed by atoms with E-state index in [0.29, 0.717) is 12.2 Å². The molecule has 0 aliphatic heterocycles. The average Bonchev–Trinajstić information content (AvgIpc) is 2.84. The molecule has 4 N–H and O–H groups in total. The Morgan fingerprint density at radius 3 is 3.05 bits per heavy atom. The van der Waals surface area contributed by atoms with Gasteiger partial charge in [-0.05, 0) is 31.2 Å². The maximum Gasteiger partial charge on any atom is 0.253 e. The van der Waals surface area contributed by atoms with Crippen molar-refractivity contribution in [2.45, 2.75) is 19.5 Å². The Hall–Kier alpha value is -2.50. The zero-order valence-corrected chi connectivity index (χ0v) is 10.6. The van der Waals surface area contributed by atoms with Gasteiger partial charge in [-0.1, -0.05) is 0 Å². The zero-order chi connectivity index (χ0) is 13.8. The van der Waals surface area contributed by atoms with Gasteiger partial charge >= 0.3 is 0 Å². The van der Waals surface area contributed by atoms with E-state index in [-0.39, 0.29) is 23.3 Å². The van der Waals surface area contributed by atoms with Crippen LogP contribution in [0.4, 0.5) is 5.69 Å². The maximum absolute atomic E-state index is 12.0. The van der Waals surface area contributed by atoms with Crippen molar-refractivity contribution in [1.29, 1.82) is 0 Å². The third kappa shape index (κ3) is 3.25. The molecular weight excluding hydrogens is 244 g/mol. The van der Waals surface area contributed by atoms with Crippen LogP contribution in [0.15, 0.2) is 36.7 Å². The summed E-state index contributed by atoms with van der Waals surface area (Å²) >= 11 is 0. The molecule has 1 atom stereocenters. The van der Waals surface area contributed by atoms with Gasteiger partial charge in [-0.2, -0.15) is 5.10 Å². The molecule has 0 saturated carbocycles. The molecule has 2 aromatic rings. The van der Waals surface area contributed by atoms with E-state index in [4.69, 9.17) is 5.73 Å². The van der Waals surface area contributed by atoms with E-state index in [0.717, 1.165) is 0 Å². The summed E-state index contributed by atoms with van der Waals surface area (Å²) in [5, 5.41) is 16.3. The number of anilines is 1. The minimum atomic E-state index is -0.312. The molecule has 1 unspecified atom stereocenters. The summed E-state index contributed by atoms with van der Waals surface area (Å²) in [7, 11) is 0. The van der Waals surface area contributed by atoms with Crippen LogP contribution in [-0.4, -0.2) is 26.8 Å². The van der Waals surface area contributed by atoms with Gasteiger partial charge in [-0.15, -0.1) is 0 Å². The molecule has 0 aliphatic carbocycles. The lowest BCUT2D eigenvalue weighted by atomic mass is 10.1. The lowest BCUT2D eigenvalue weighted by molar-refractivity contribution is 0.0936. The normalized spacial score (nSPS) is 12.1. The lowest BCUT2D eigenvalue weighted by Crippen LogP contribution is -2.36. The lowest BCUT2D eigenvalue weighted by Gasteiger charge is -2.15. The highest BCUT2D eigenvalue weighted by atomic mass is 16.3. The monoisotopic (exact) mass is 260 g/mol. The van der Waals surface area contributed by atoms with Gasteiger partial charge in [0.05, 0.1) is 12.1 Å². The molecule has 6 nitrogen and oxygen atoms in total. The highest BCUT2D eigenvalue weighted by Crippen LogP contribution is 2.18. The second kappa shape index (κ2) is 5.43. The number of aromatic hydroxyl groups is 1. The van der Waals surface area contributed by atoms with Crippen molar-refractivity contribution in [1.82, 2.24) is 15.1 Å². The number of benzene rings is 1. The molecule has 0 fully saturated rings. The summed E-state index contributed by atoms with van der Waals surface area (Å²) in [4.78, 5) is 12.0. The van der Waals surface area contributed by atoms with Crippen molar-refractivity contribution in [2.75, 3.05) is 5.73 Å². The number of hydrogen-bond donors (Lipinski definition) is 3. The van der Waals surface area contributed by atoms with Crippen LogP contribution in [0.25, 0.3) is 0 Å². The van der Waals surface area contributed by atoms with E-state index in [1.807, 2.05) is 19.2 Å². The third-order valence-electron chi connectivity index (χ3n) is 2.68. The van der Waals surface area contributed by atoms with Crippen molar-refractivity contribution in [3.05, 3.63) is 42.2 Å².